The molecule has 1 aromatic rings. The van der Waals surface area contributed by atoms with E-state index in [9.17, 15) is 5.11 Å². The second-order valence-electron chi connectivity index (χ2n) is 5.01. The van der Waals surface area contributed by atoms with Gasteiger partial charge in [0.25, 0.3) is 0 Å². The Bertz CT molecular complexity index is 403. The monoisotopic (exact) mass is 269 g/mol. The Kier molecular flexibility index (Phi) is 4.49. The highest BCUT2D eigenvalue weighted by Gasteiger charge is 2.30. The van der Waals surface area contributed by atoms with E-state index in [4.69, 9.17) is 22.1 Å². The number of halogens is 1. The fourth-order valence-electron chi connectivity index (χ4n) is 2.44. The normalized spacial score (nSPS) is 18.6. The number of aliphatic hydroxyl groups is 1. The summed E-state index contributed by atoms with van der Waals surface area (Å²) in [5.74, 6) is 0.612. The highest BCUT2D eigenvalue weighted by atomic mass is 35.5. The molecule has 3 N–H and O–H groups in total. The Labute approximate surface area is 113 Å². The van der Waals surface area contributed by atoms with Gasteiger partial charge in [-0.2, -0.15) is 0 Å². The first-order valence-corrected chi connectivity index (χ1v) is 6.85. The van der Waals surface area contributed by atoms with Crippen LogP contribution in [0.2, 0.25) is 5.02 Å². The van der Waals surface area contributed by atoms with E-state index in [1.54, 1.807) is 6.07 Å². The van der Waals surface area contributed by atoms with Crippen molar-refractivity contribution < 1.29 is 9.84 Å². The first-order valence-electron chi connectivity index (χ1n) is 6.47. The Morgan fingerprint density at radius 2 is 2.00 bits per heavy atom. The fraction of sp³-hybridized carbons (Fsp3) is 0.571. The zero-order valence-corrected chi connectivity index (χ0v) is 11.2. The molecule has 18 heavy (non-hydrogen) atoms. The Hall–Kier alpha value is -0.770. The molecule has 0 bridgehead atoms. The minimum absolute atomic E-state index is 0.295. The number of ether oxygens (including phenoxy) is 1. The molecule has 0 saturated heterocycles. The first-order chi connectivity index (χ1) is 8.64. The molecule has 1 aliphatic rings. The summed E-state index contributed by atoms with van der Waals surface area (Å²) in [7, 11) is 0. The van der Waals surface area contributed by atoms with E-state index in [1.807, 2.05) is 12.1 Å². The van der Waals surface area contributed by atoms with Crippen LogP contribution in [0.4, 0.5) is 0 Å². The van der Waals surface area contributed by atoms with E-state index < -0.39 is 5.60 Å². The standard InChI is InChI=1S/C14H20ClNO2/c15-12-6-4-5-11(9-16)13(12)18-10-14(17)7-2-1-3-8-14/h4-6,17H,1-3,7-10,16H2. The molecule has 0 radical (unpaired) electrons. The lowest BCUT2D eigenvalue weighted by atomic mass is 9.85. The maximum Gasteiger partial charge on any atom is 0.142 e. The van der Waals surface area contributed by atoms with Crippen molar-refractivity contribution in [1.29, 1.82) is 0 Å². The maximum atomic E-state index is 10.4. The van der Waals surface area contributed by atoms with Crippen molar-refractivity contribution in [2.45, 2.75) is 44.2 Å². The number of nitrogens with two attached hydrogens (primary N) is 1. The van der Waals surface area contributed by atoms with Crippen molar-refractivity contribution in [3.05, 3.63) is 28.8 Å². The minimum atomic E-state index is -0.705. The highest BCUT2D eigenvalue weighted by Crippen LogP contribution is 2.32. The van der Waals surface area contributed by atoms with E-state index in [2.05, 4.69) is 0 Å². The van der Waals surface area contributed by atoms with E-state index in [-0.39, 0.29) is 0 Å². The molecule has 1 saturated carbocycles. The Morgan fingerprint density at radius 3 is 2.67 bits per heavy atom. The molecule has 0 spiro atoms. The number of rotatable bonds is 4. The van der Waals surface area contributed by atoms with Crippen LogP contribution in [0, 0.1) is 0 Å². The second-order valence-corrected chi connectivity index (χ2v) is 5.41. The van der Waals surface area contributed by atoms with Crippen LogP contribution in [0.1, 0.15) is 37.7 Å². The molecule has 100 valence electrons. The predicted octanol–water partition coefficient (Wildman–Crippen LogP) is 2.87. The van der Waals surface area contributed by atoms with Crippen LogP contribution in [0.5, 0.6) is 5.75 Å². The second kappa shape index (κ2) is 5.91. The largest absolute Gasteiger partial charge is 0.489 e. The summed E-state index contributed by atoms with van der Waals surface area (Å²) < 4.78 is 5.74. The van der Waals surface area contributed by atoms with Gasteiger partial charge < -0.3 is 15.6 Å². The van der Waals surface area contributed by atoms with E-state index >= 15 is 0 Å². The molecule has 0 atom stereocenters. The minimum Gasteiger partial charge on any atom is -0.489 e. The highest BCUT2D eigenvalue weighted by molar-refractivity contribution is 6.32. The molecule has 1 aromatic carbocycles. The van der Waals surface area contributed by atoms with Crippen molar-refractivity contribution in [2.24, 2.45) is 5.73 Å². The quantitative estimate of drug-likeness (QED) is 0.884. The van der Waals surface area contributed by atoms with Crippen LogP contribution in [-0.4, -0.2) is 17.3 Å². The zero-order valence-electron chi connectivity index (χ0n) is 10.5. The van der Waals surface area contributed by atoms with Gasteiger partial charge in [0.2, 0.25) is 0 Å². The van der Waals surface area contributed by atoms with Gasteiger partial charge in [-0.15, -0.1) is 0 Å². The SMILES string of the molecule is NCc1cccc(Cl)c1OCC1(O)CCCCC1. The summed E-state index contributed by atoms with van der Waals surface area (Å²) in [4.78, 5) is 0. The smallest absolute Gasteiger partial charge is 0.142 e. The zero-order chi connectivity index (χ0) is 13.0. The third-order valence-corrected chi connectivity index (χ3v) is 3.84. The lowest BCUT2D eigenvalue weighted by Gasteiger charge is -2.32. The molecule has 3 nitrogen and oxygen atoms in total. The van der Waals surface area contributed by atoms with Gasteiger partial charge in [0, 0.05) is 12.1 Å². The molecule has 0 aliphatic heterocycles. The van der Waals surface area contributed by atoms with Gasteiger partial charge in [0.05, 0.1) is 10.6 Å². The average Bonchev–Trinajstić information content (AvgIpc) is 2.38. The fourth-order valence-corrected chi connectivity index (χ4v) is 2.69. The van der Waals surface area contributed by atoms with Crippen molar-refractivity contribution in [2.75, 3.05) is 6.61 Å². The molecule has 0 amide bonds. The summed E-state index contributed by atoms with van der Waals surface area (Å²) in [6.45, 7) is 0.679. The van der Waals surface area contributed by atoms with Crippen LogP contribution >= 0.6 is 11.6 Å². The first kappa shape index (κ1) is 13.7. The van der Waals surface area contributed by atoms with Crippen LogP contribution < -0.4 is 10.5 Å². The number of hydrogen-bond donors (Lipinski definition) is 2. The van der Waals surface area contributed by atoms with Crippen molar-refractivity contribution in [3.8, 4) is 5.75 Å². The summed E-state index contributed by atoms with van der Waals surface area (Å²) in [5, 5.41) is 10.9. The summed E-state index contributed by atoms with van der Waals surface area (Å²) in [5.41, 5.74) is 5.83. The van der Waals surface area contributed by atoms with Gasteiger partial charge in [-0.1, -0.05) is 43.0 Å². The summed E-state index contributed by atoms with van der Waals surface area (Å²) in [6.07, 6.45) is 4.92. The van der Waals surface area contributed by atoms with Gasteiger partial charge in [0.15, 0.2) is 0 Å². The van der Waals surface area contributed by atoms with E-state index in [0.29, 0.717) is 23.9 Å². The van der Waals surface area contributed by atoms with Gasteiger partial charge in [-0.25, -0.2) is 0 Å². The van der Waals surface area contributed by atoms with Gasteiger partial charge >= 0.3 is 0 Å². The summed E-state index contributed by atoms with van der Waals surface area (Å²) >= 11 is 6.11. The van der Waals surface area contributed by atoms with Crippen LogP contribution in [0.15, 0.2) is 18.2 Å². The number of benzene rings is 1. The Balaban J connectivity index is 2.05. The molecular formula is C14H20ClNO2. The number of hydrogen-bond acceptors (Lipinski definition) is 3. The molecule has 4 heteroatoms. The molecule has 0 unspecified atom stereocenters. The Morgan fingerprint density at radius 1 is 1.28 bits per heavy atom. The average molecular weight is 270 g/mol. The number of para-hydroxylation sites is 1. The molecule has 0 heterocycles. The topological polar surface area (TPSA) is 55.5 Å². The van der Waals surface area contributed by atoms with E-state index in [1.165, 1.54) is 6.42 Å². The van der Waals surface area contributed by atoms with Crippen molar-refractivity contribution in [1.82, 2.24) is 0 Å². The third kappa shape index (κ3) is 3.16. The third-order valence-electron chi connectivity index (χ3n) is 3.54. The van der Waals surface area contributed by atoms with E-state index in [0.717, 1.165) is 31.2 Å². The van der Waals surface area contributed by atoms with Crippen LogP contribution in [0.25, 0.3) is 0 Å². The molecule has 1 fully saturated rings. The van der Waals surface area contributed by atoms with Gasteiger partial charge in [-0.05, 0) is 18.9 Å². The molecule has 0 aromatic heterocycles. The predicted molar refractivity (Wildman–Crippen MR) is 72.9 cm³/mol. The summed E-state index contributed by atoms with van der Waals surface area (Å²) in [6, 6.07) is 5.53. The lowest BCUT2D eigenvalue weighted by molar-refractivity contribution is -0.0340. The lowest BCUT2D eigenvalue weighted by Crippen LogP contribution is -2.38. The van der Waals surface area contributed by atoms with Gasteiger partial charge in [0.1, 0.15) is 12.4 Å². The molecule has 1 aliphatic carbocycles. The maximum absolute atomic E-state index is 10.4. The van der Waals surface area contributed by atoms with Crippen LogP contribution in [0.3, 0.4) is 0 Å². The van der Waals surface area contributed by atoms with Crippen molar-refractivity contribution >= 4 is 11.6 Å². The van der Waals surface area contributed by atoms with Gasteiger partial charge in [-0.3, -0.25) is 0 Å². The molecular weight excluding hydrogens is 250 g/mol. The molecule has 2 rings (SSSR count). The van der Waals surface area contributed by atoms with Crippen LogP contribution in [-0.2, 0) is 6.54 Å². The van der Waals surface area contributed by atoms with Crippen molar-refractivity contribution in [3.63, 3.8) is 0 Å².